The lowest BCUT2D eigenvalue weighted by molar-refractivity contribution is -0.719. The van der Waals surface area contributed by atoms with Crippen molar-refractivity contribution in [3.63, 3.8) is 0 Å². The van der Waals surface area contributed by atoms with Crippen molar-refractivity contribution in [2.45, 2.75) is 38.3 Å². The van der Waals surface area contributed by atoms with E-state index in [2.05, 4.69) is 11.4 Å². The monoisotopic (exact) mass is 125 g/mol. The molecule has 2 N–H and O–H groups in total. The summed E-state index contributed by atoms with van der Waals surface area (Å²) in [5.41, 5.74) is -0.193. The number of hydrogen-bond acceptors (Lipinski definition) is 1. The summed E-state index contributed by atoms with van der Waals surface area (Å²) in [6, 6.07) is 3.01. The molecule has 0 bridgehead atoms. The van der Waals surface area contributed by atoms with Crippen molar-refractivity contribution in [3.05, 3.63) is 0 Å². The summed E-state index contributed by atoms with van der Waals surface area (Å²) in [7, 11) is 0. The minimum absolute atomic E-state index is 0.193. The molecule has 0 aromatic rings. The van der Waals surface area contributed by atoms with Gasteiger partial charge in [0.25, 0.3) is 0 Å². The average molecular weight is 125 g/mol. The van der Waals surface area contributed by atoms with Crippen LogP contribution in [0.15, 0.2) is 0 Å². The van der Waals surface area contributed by atoms with E-state index in [4.69, 9.17) is 5.26 Å². The summed E-state index contributed by atoms with van der Waals surface area (Å²) in [6.45, 7) is 3.93. The van der Waals surface area contributed by atoms with Crippen molar-refractivity contribution in [3.8, 4) is 6.07 Å². The first-order valence-electron chi connectivity index (χ1n) is 3.41. The molecule has 0 unspecified atom stereocenters. The number of quaternary nitrogens is 1. The number of nitrogens with two attached hydrogens (primary N) is 1. The second kappa shape index (κ2) is 2.00. The van der Waals surface area contributed by atoms with Crippen LogP contribution in [0.1, 0.15) is 26.7 Å². The standard InChI is InChI=1S/C7H12N2/c1-7(2,5-8)9-6-3-4-6/h6,9H,3-4H2,1-2H3/p+1. The Kier molecular flexibility index (Phi) is 1.46. The van der Waals surface area contributed by atoms with Crippen LogP contribution < -0.4 is 5.32 Å². The molecule has 1 rings (SSSR count). The molecule has 0 spiro atoms. The fraction of sp³-hybridized carbons (Fsp3) is 0.857. The molecule has 1 aliphatic carbocycles. The molecule has 9 heavy (non-hydrogen) atoms. The van der Waals surface area contributed by atoms with Crippen molar-refractivity contribution in [2.75, 3.05) is 0 Å². The predicted octanol–water partition coefficient (Wildman–Crippen LogP) is 0.0144. The molecule has 0 heterocycles. The number of rotatable bonds is 2. The first-order valence-corrected chi connectivity index (χ1v) is 3.41. The van der Waals surface area contributed by atoms with Crippen molar-refractivity contribution in [2.24, 2.45) is 0 Å². The Hall–Kier alpha value is -0.550. The normalized spacial score (nSPS) is 19.2. The van der Waals surface area contributed by atoms with E-state index in [1.807, 2.05) is 13.8 Å². The fourth-order valence-electron chi connectivity index (χ4n) is 0.889. The summed E-state index contributed by atoms with van der Waals surface area (Å²) in [5, 5.41) is 10.7. The molecule has 0 saturated heterocycles. The maximum absolute atomic E-state index is 8.59. The zero-order valence-corrected chi connectivity index (χ0v) is 6.02. The van der Waals surface area contributed by atoms with Crippen LogP contribution in [0.4, 0.5) is 0 Å². The van der Waals surface area contributed by atoms with Gasteiger partial charge in [-0.15, -0.1) is 0 Å². The van der Waals surface area contributed by atoms with Crippen LogP contribution >= 0.6 is 0 Å². The van der Waals surface area contributed by atoms with E-state index in [0.29, 0.717) is 0 Å². The van der Waals surface area contributed by atoms with Gasteiger partial charge in [0.2, 0.25) is 0 Å². The van der Waals surface area contributed by atoms with Gasteiger partial charge in [-0.1, -0.05) is 0 Å². The van der Waals surface area contributed by atoms with Crippen LogP contribution in [0.3, 0.4) is 0 Å². The SMILES string of the molecule is CC(C)(C#N)[NH2+]C1CC1. The molecule has 0 atom stereocenters. The van der Waals surface area contributed by atoms with Crippen molar-refractivity contribution < 1.29 is 5.32 Å². The minimum Gasteiger partial charge on any atom is -0.328 e. The third-order valence-electron chi connectivity index (χ3n) is 1.56. The highest BCUT2D eigenvalue weighted by molar-refractivity contribution is 4.92. The van der Waals surface area contributed by atoms with E-state index in [0.717, 1.165) is 6.04 Å². The van der Waals surface area contributed by atoms with Crippen molar-refractivity contribution in [1.82, 2.24) is 0 Å². The lowest BCUT2D eigenvalue weighted by Crippen LogP contribution is -2.96. The largest absolute Gasteiger partial charge is 0.328 e. The van der Waals surface area contributed by atoms with Crippen LogP contribution in [0, 0.1) is 11.3 Å². The highest BCUT2D eigenvalue weighted by Crippen LogP contribution is 2.14. The van der Waals surface area contributed by atoms with Gasteiger partial charge in [-0.05, 0) is 0 Å². The molecular formula is C7H13N2+. The molecular weight excluding hydrogens is 112 g/mol. The molecule has 2 heteroatoms. The van der Waals surface area contributed by atoms with E-state index in [1.165, 1.54) is 12.8 Å². The topological polar surface area (TPSA) is 40.4 Å². The molecule has 1 aliphatic rings. The van der Waals surface area contributed by atoms with Crippen LogP contribution in [-0.2, 0) is 0 Å². The Balaban J connectivity index is 2.32. The lowest BCUT2D eigenvalue weighted by Gasteiger charge is -2.12. The first-order chi connectivity index (χ1) is 4.14. The predicted molar refractivity (Wildman–Crippen MR) is 34.6 cm³/mol. The Morgan fingerprint density at radius 3 is 2.44 bits per heavy atom. The highest BCUT2D eigenvalue weighted by atomic mass is 15.0. The molecule has 0 aromatic heterocycles. The van der Waals surface area contributed by atoms with Gasteiger partial charge in [-0.3, -0.25) is 0 Å². The van der Waals surface area contributed by atoms with Gasteiger partial charge >= 0.3 is 0 Å². The molecule has 0 amide bonds. The van der Waals surface area contributed by atoms with Gasteiger partial charge in [-0.2, -0.15) is 5.26 Å². The number of nitrogens with zero attached hydrogens (tertiary/aromatic N) is 1. The zero-order valence-electron chi connectivity index (χ0n) is 6.02. The third-order valence-corrected chi connectivity index (χ3v) is 1.56. The van der Waals surface area contributed by atoms with Gasteiger partial charge in [0.15, 0.2) is 5.54 Å². The second-order valence-electron chi connectivity index (χ2n) is 3.34. The fourth-order valence-corrected chi connectivity index (χ4v) is 0.889. The van der Waals surface area contributed by atoms with Gasteiger partial charge in [0, 0.05) is 26.7 Å². The van der Waals surface area contributed by atoms with Gasteiger partial charge in [0.1, 0.15) is 6.07 Å². The molecule has 2 nitrogen and oxygen atoms in total. The summed E-state index contributed by atoms with van der Waals surface area (Å²) in [6.07, 6.45) is 2.59. The van der Waals surface area contributed by atoms with Gasteiger partial charge in [0.05, 0.1) is 6.04 Å². The summed E-state index contributed by atoms with van der Waals surface area (Å²) in [4.78, 5) is 0. The molecule has 0 aliphatic heterocycles. The first kappa shape index (κ1) is 6.57. The second-order valence-corrected chi connectivity index (χ2v) is 3.34. The van der Waals surface area contributed by atoms with Crippen LogP contribution in [0.5, 0.6) is 0 Å². The lowest BCUT2D eigenvalue weighted by atomic mass is 10.1. The molecule has 0 radical (unpaired) electrons. The quantitative estimate of drug-likeness (QED) is 0.555. The van der Waals surface area contributed by atoms with Crippen molar-refractivity contribution in [1.29, 1.82) is 5.26 Å². The van der Waals surface area contributed by atoms with Gasteiger partial charge in [-0.25, -0.2) is 0 Å². The average Bonchev–Trinajstić information content (AvgIpc) is 2.50. The number of hydrogen-bond donors (Lipinski definition) is 1. The molecule has 1 fully saturated rings. The van der Waals surface area contributed by atoms with Crippen LogP contribution in [-0.4, -0.2) is 11.6 Å². The minimum atomic E-state index is -0.193. The summed E-state index contributed by atoms with van der Waals surface area (Å²) in [5.74, 6) is 0. The van der Waals surface area contributed by atoms with Crippen molar-refractivity contribution >= 4 is 0 Å². The van der Waals surface area contributed by atoms with Gasteiger partial charge < -0.3 is 5.32 Å². The van der Waals surface area contributed by atoms with E-state index in [-0.39, 0.29) is 5.54 Å². The summed E-state index contributed by atoms with van der Waals surface area (Å²) >= 11 is 0. The Morgan fingerprint density at radius 2 is 2.11 bits per heavy atom. The van der Waals surface area contributed by atoms with Crippen LogP contribution in [0.2, 0.25) is 0 Å². The number of nitriles is 1. The maximum Gasteiger partial charge on any atom is 0.177 e. The Labute approximate surface area is 55.9 Å². The van der Waals surface area contributed by atoms with E-state index in [1.54, 1.807) is 0 Å². The maximum atomic E-state index is 8.59. The molecule has 1 saturated carbocycles. The third kappa shape index (κ3) is 2.03. The highest BCUT2D eigenvalue weighted by Gasteiger charge is 2.33. The molecule has 0 aromatic carbocycles. The van der Waals surface area contributed by atoms with E-state index >= 15 is 0 Å². The van der Waals surface area contributed by atoms with Crippen LogP contribution in [0.25, 0.3) is 0 Å². The van der Waals surface area contributed by atoms with E-state index in [9.17, 15) is 0 Å². The zero-order chi connectivity index (χ0) is 6.91. The van der Waals surface area contributed by atoms with E-state index < -0.39 is 0 Å². The Morgan fingerprint density at radius 1 is 1.56 bits per heavy atom. The molecule has 50 valence electrons. The smallest absolute Gasteiger partial charge is 0.177 e. The summed E-state index contributed by atoms with van der Waals surface area (Å²) < 4.78 is 0. The Bertz CT molecular complexity index is 139.